The van der Waals surface area contributed by atoms with E-state index in [-0.39, 0.29) is 35.7 Å². The molecule has 0 saturated heterocycles. The Morgan fingerprint density at radius 2 is 1.77 bits per heavy atom. The number of alkyl halides is 2. The van der Waals surface area contributed by atoms with Crippen LogP contribution in [-0.4, -0.2) is 31.0 Å². The van der Waals surface area contributed by atoms with Crippen molar-refractivity contribution in [3.05, 3.63) is 53.7 Å². The Hall–Kier alpha value is -3.27. The Morgan fingerprint density at radius 3 is 2.43 bits per heavy atom. The van der Waals surface area contributed by atoms with Gasteiger partial charge in [-0.2, -0.15) is 13.8 Å². The second-order valence-corrected chi connectivity index (χ2v) is 6.25. The molecule has 0 saturated carbocycles. The van der Waals surface area contributed by atoms with Gasteiger partial charge >= 0.3 is 6.61 Å². The third kappa shape index (κ3) is 5.01. The minimum atomic E-state index is -2.96. The van der Waals surface area contributed by atoms with E-state index in [4.69, 9.17) is 14.0 Å². The molecule has 10 heteroatoms. The van der Waals surface area contributed by atoms with Gasteiger partial charge in [0.05, 0.1) is 20.8 Å². The van der Waals surface area contributed by atoms with Gasteiger partial charge in [0.1, 0.15) is 0 Å². The molecule has 1 aromatic heterocycles. The van der Waals surface area contributed by atoms with Gasteiger partial charge in [-0.05, 0) is 42.8 Å². The molecule has 1 heterocycles. The molecule has 0 radical (unpaired) electrons. The Morgan fingerprint density at radius 1 is 1.03 bits per heavy atom. The Balaban J connectivity index is 1.67. The van der Waals surface area contributed by atoms with E-state index in [0.29, 0.717) is 11.5 Å². The summed E-state index contributed by atoms with van der Waals surface area (Å²) in [6.07, 6.45) is 0. The van der Waals surface area contributed by atoms with Crippen LogP contribution in [-0.2, 0) is 6.54 Å². The van der Waals surface area contributed by atoms with E-state index in [2.05, 4.69) is 20.2 Å². The fourth-order valence-electron chi connectivity index (χ4n) is 2.75. The fourth-order valence-corrected chi connectivity index (χ4v) is 2.75. The van der Waals surface area contributed by atoms with Crippen LogP contribution in [0.25, 0.3) is 11.4 Å². The molecule has 1 N–H and O–H groups in total. The van der Waals surface area contributed by atoms with Gasteiger partial charge in [0.25, 0.3) is 0 Å². The third-order valence-corrected chi connectivity index (χ3v) is 4.34. The summed E-state index contributed by atoms with van der Waals surface area (Å²) in [6.45, 7) is -0.856. The molecule has 0 aliphatic heterocycles. The smallest absolute Gasteiger partial charge is 0.387 e. The number of hydrogen-bond acceptors (Lipinski definition) is 7. The predicted molar refractivity (Wildman–Crippen MR) is 101 cm³/mol. The summed E-state index contributed by atoms with van der Waals surface area (Å²) in [5.41, 5.74) is 1.24. The van der Waals surface area contributed by atoms with Crippen molar-refractivity contribution in [3.8, 4) is 28.6 Å². The summed E-state index contributed by atoms with van der Waals surface area (Å²) < 4.78 is 58.4. The predicted octanol–water partition coefficient (Wildman–Crippen LogP) is 4.35. The number of aromatic nitrogens is 2. The molecule has 2 aromatic carbocycles. The Labute approximate surface area is 170 Å². The van der Waals surface area contributed by atoms with Crippen molar-refractivity contribution in [2.45, 2.75) is 26.1 Å². The van der Waals surface area contributed by atoms with Crippen LogP contribution < -0.4 is 19.5 Å². The molecule has 3 aromatic rings. The molecular weight excluding hydrogens is 403 g/mol. The number of methoxy groups -OCH3 is 2. The lowest BCUT2D eigenvalue weighted by Gasteiger charge is -2.13. The minimum Gasteiger partial charge on any atom is -0.494 e. The molecule has 1 atom stereocenters. The minimum absolute atomic E-state index is 0.0952. The van der Waals surface area contributed by atoms with Gasteiger partial charge in [-0.1, -0.05) is 11.2 Å². The van der Waals surface area contributed by atoms with Crippen LogP contribution in [0.5, 0.6) is 17.2 Å². The van der Waals surface area contributed by atoms with E-state index in [1.807, 2.05) is 6.92 Å². The van der Waals surface area contributed by atoms with Gasteiger partial charge in [0.2, 0.25) is 11.7 Å². The number of benzene rings is 2. The largest absolute Gasteiger partial charge is 0.494 e. The lowest BCUT2D eigenvalue weighted by atomic mass is 10.1. The van der Waals surface area contributed by atoms with E-state index < -0.39 is 12.4 Å². The highest BCUT2D eigenvalue weighted by Gasteiger charge is 2.16. The molecule has 0 aliphatic rings. The lowest BCUT2D eigenvalue weighted by molar-refractivity contribution is -0.0512. The molecule has 1 unspecified atom stereocenters. The number of halogens is 3. The summed E-state index contributed by atoms with van der Waals surface area (Å²) in [6, 6.07) is 8.86. The van der Waals surface area contributed by atoms with Gasteiger partial charge < -0.3 is 24.1 Å². The first-order valence-corrected chi connectivity index (χ1v) is 8.94. The molecule has 160 valence electrons. The number of nitrogens with one attached hydrogen (secondary N) is 1. The highest BCUT2D eigenvalue weighted by Crippen LogP contribution is 2.32. The summed E-state index contributed by atoms with van der Waals surface area (Å²) >= 11 is 0. The zero-order valence-electron chi connectivity index (χ0n) is 16.5. The van der Waals surface area contributed by atoms with E-state index >= 15 is 0 Å². The van der Waals surface area contributed by atoms with Crippen molar-refractivity contribution in [3.63, 3.8) is 0 Å². The lowest BCUT2D eigenvalue weighted by Crippen LogP contribution is -2.18. The van der Waals surface area contributed by atoms with Crippen LogP contribution in [0.15, 0.2) is 40.9 Å². The first kappa shape index (κ1) is 21.4. The van der Waals surface area contributed by atoms with Crippen molar-refractivity contribution in [1.82, 2.24) is 15.5 Å². The zero-order valence-corrected chi connectivity index (χ0v) is 16.5. The van der Waals surface area contributed by atoms with Crippen molar-refractivity contribution in [1.29, 1.82) is 0 Å². The fraction of sp³-hybridized carbons (Fsp3) is 0.300. The molecule has 0 spiro atoms. The van der Waals surface area contributed by atoms with E-state index in [9.17, 15) is 13.2 Å². The van der Waals surface area contributed by atoms with Gasteiger partial charge in [0.15, 0.2) is 23.1 Å². The third-order valence-electron chi connectivity index (χ3n) is 4.34. The topological polar surface area (TPSA) is 78.6 Å². The van der Waals surface area contributed by atoms with Gasteiger partial charge in [-0.25, -0.2) is 4.39 Å². The highest BCUT2D eigenvalue weighted by atomic mass is 19.3. The van der Waals surface area contributed by atoms with Crippen molar-refractivity contribution < 1.29 is 31.9 Å². The second kappa shape index (κ2) is 9.49. The molecule has 7 nitrogen and oxygen atoms in total. The number of hydrogen-bond donors (Lipinski definition) is 1. The summed E-state index contributed by atoms with van der Waals surface area (Å²) in [7, 11) is 2.74. The normalized spacial score (nSPS) is 12.1. The van der Waals surface area contributed by atoms with Gasteiger partial charge in [0, 0.05) is 11.6 Å². The van der Waals surface area contributed by atoms with Crippen LogP contribution >= 0.6 is 0 Å². The summed E-state index contributed by atoms with van der Waals surface area (Å²) in [5, 5.41) is 7.06. The average molecular weight is 423 g/mol. The Kier molecular flexibility index (Phi) is 6.78. The van der Waals surface area contributed by atoms with Crippen LogP contribution in [0.4, 0.5) is 13.2 Å². The van der Waals surface area contributed by atoms with E-state index in [0.717, 1.165) is 5.56 Å². The monoisotopic (exact) mass is 423 g/mol. The molecule has 30 heavy (non-hydrogen) atoms. The molecule has 0 amide bonds. The van der Waals surface area contributed by atoms with E-state index in [1.54, 1.807) is 12.1 Å². The summed E-state index contributed by atoms with van der Waals surface area (Å²) in [5.74, 6) is 0.314. The molecule has 0 fully saturated rings. The zero-order chi connectivity index (χ0) is 21.7. The quantitative estimate of drug-likeness (QED) is 0.548. The maximum absolute atomic E-state index is 13.9. The highest BCUT2D eigenvalue weighted by molar-refractivity contribution is 5.60. The van der Waals surface area contributed by atoms with Crippen molar-refractivity contribution in [2.75, 3.05) is 14.2 Å². The summed E-state index contributed by atoms with van der Waals surface area (Å²) in [4.78, 5) is 4.28. The average Bonchev–Trinajstić information content (AvgIpc) is 3.21. The van der Waals surface area contributed by atoms with Gasteiger partial charge in [-0.15, -0.1) is 0 Å². The van der Waals surface area contributed by atoms with Crippen LogP contribution in [0.3, 0.4) is 0 Å². The molecule has 0 aliphatic carbocycles. The number of nitrogens with zero attached hydrogens (tertiary/aromatic N) is 2. The maximum Gasteiger partial charge on any atom is 0.387 e. The van der Waals surface area contributed by atoms with Crippen molar-refractivity contribution in [2.24, 2.45) is 0 Å². The first-order valence-electron chi connectivity index (χ1n) is 8.94. The maximum atomic E-state index is 13.9. The van der Waals surface area contributed by atoms with Crippen LogP contribution in [0.2, 0.25) is 0 Å². The van der Waals surface area contributed by atoms with Crippen LogP contribution in [0.1, 0.15) is 24.4 Å². The SMILES string of the molecule is COc1ccc(C(C)NCc2nc(-c3ccc(OC(F)F)c(OC)c3)no2)cc1F. The van der Waals surface area contributed by atoms with Crippen molar-refractivity contribution >= 4 is 0 Å². The standard InChI is InChI=1S/C20H20F3N3O4/c1-11(12-4-6-15(27-2)14(21)8-12)24-10-18-25-19(26-30-18)13-5-7-16(29-20(22)23)17(9-13)28-3/h4-9,11,20,24H,10H2,1-3H3. The van der Waals surface area contributed by atoms with E-state index in [1.165, 1.54) is 38.5 Å². The number of ether oxygens (including phenoxy) is 3. The molecule has 0 bridgehead atoms. The Bertz CT molecular complexity index is 997. The van der Waals surface area contributed by atoms with Gasteiger partial charge in [-0.3, -0.25) is 0 Å². The number of rotatable bonds is 9. The first-order chi connectivity index (χ1) is 14.4. The second-order valence-electron chi connectivity index (χ2n) is 6.25. The molecular formula is C20H20F3N3O4. The molecule has 3 rings (SSSR count). The van der Waals surface area contributed by atoms with Crippen LogP contribution in [0, 0.1) is 5.82 Å².